The molecule has 0 saturated carbocycles. The minimum Gasteiger partial charge on any atom is -0.495 e. The van der Waals surface area contributed by atoms with Crippen molar-refractivity contribution in [3.63, 3.8) is 0 Å². The Bertz CT molecular complexity index is 590. The van der Waals surface area contributed by atoms with Crippen LogP contribution in [0.1, 0.15) is 24.2 Å². The highest BCUT2D eigenvalue weighted by Crippen LogP contribution is 2.32. The third-order valence-corrected chi connectivity index (χ3v) is 3.61. The first-order valence-corrected chi connectivity index (χ1v) is 7.10. The molecular weight excluding hydrogens is 295 g/mol. The van der Waals surface area contributed by atoms with E-state index in [1.165, 1.54) is 0 Å². The first-order valence-electron chi connectivity index (χ1n) is 6.34. The molecule has 0 spiro atoms. The van der Waals surface area contributed by atoms with E-state index in [0.717, 1.165) is 17.8 Å². The zero-order chi connectivity index (χ0) is 14.5. The summed E-state index contributed by atoms with van der Waals surface area (Å²) in [7, 11) is 1.60. The van der Waals surface area contributed by atoms with E-state index in [-0.39, 0.29) is 6.04 Å². The summed E-state index contributed by atoms with van der Waals surface area (Å²) < 4.78 is 5.27. The number of benzene rings is 1. The lowest BCUT2D eigenvalue weighted by Gasteiger charge is -2.19. The van der Waals surface area contributed by atoms with E-state index in [2.05, 4.69) is 10.3 Å². The van der Waals surface area contributed by atoms with Crippen LogP contribution < -0.4 is 10.1 Å². The monoisotopic (exact) mass is 310 g/mol. The molecule has 1 aromatic carbocycles. The van der Waals surface area contributed by atoms with Gasteiger partial charge in [0.1, 0.15) is 5.75 Å². The van der Waals surface area contributed by atoms with Crippen molar-refractivity contribution in [1.82, 2.24) is 10.3 Å². The maximum atomic E-state index is 6.25. The molecule has 0 aliphatic heterocycles. The molecular formula is C15H16Cl2N2O. The van der Waals surface area contributed by atoms with Crippen LogP contribution in [0.5, 0.6) is 5.75 Å². The van der Waals surface area contributed by atoms with Crippen LogP contribution >= 0.6 is 23.2 Å². The molecule has 106 valence electrons. The molecule has 0 bridgehead atoms. The molecule has 1 unspecified atom stereocenters. The largest absolute Gasteiger partial charge is 0.495 e. The van der Waals surface area contributed by atoms with Gasteiger partial charge in [-0.15, -0.1) is 0 Å². The molecule has 20 heavy (non-hydrogen) atoms. The number of halogens is 2. The van der Waals surface area contributed by atoms with E-state index in [9.17, 15) is 0 Å². The molecule has 5 heteroatoms. The summed E-state index contributed by atoms with van der Waals surface area (Å²) in [6, 6.07) is 9.22. The van der Waals surface area contributed by atoms with Crippen LogP contribution in [0.25, 0.3) is 0 Å². The van der Waals surface area contributed by atoms with Crippen molar-refractivity contribution in [3.05, 3.63) is 57.8 Å². The molecule has 0 radical (unpaired) electrons. The lowest BCUT2D eigenvalue weighted by Crippen LogP contribution is -2.23. The van der Waals surface area contributed by atoms with Crippen LogP contribution in [0, 0.1) is 0 Å². The predicted octanol–water partition coefficient (Wildman–Crippen LogP) is 4.10. The molecule has 0 aliphatic carbocycles. The normalized spacial score (nSPS) is 12.2. The summed E-state index contributed by atoms with van der Waals surface area (Å²) in [6.45, 7) is 2.83. The first kappa shape index (κ1) is 15.1. The lowest BCUT2D eigenvalue weighted by molar-refractivity contribution is 0.414. The zero-order valence-corrected chi connectivity index (χ0v) is 12.9. The highest BCUT2D eigenvalue weighted by atomic mass is 35.5. The minimum atomic E-state index is -0.0973. The summed E-state index contributed by atoms with van der Waals surface area (Å²) in [5, 5.41) is 4.60. The van der Waals surface area contributed by atoms with Gasteiger partial charge in [0.05, 0.1) is 28.9 Å². The molecule has 3 nitrogen and oxygen atoms in total. The van der Waals surface area contributed by atoms with Crippen molar-refractivity contribution in [2.75, 3.05) is 13.7 Å². The van der Waals surface area contributed by atoms with Crippen LogP contribution in [0.2, 0.25) is 10.0 Å². The van der Waals surface area contributed by atoms with Gasteiger partial charge in [0, 0.05) is 6.20 Å². The fourth-order valence-corrected chi connectivity index (χ4v) is 2.47. The van der Waals surface area contributed by atoms with Gasteiger partial charge >= 0.3 is 0 Å². The van der Waals surface area contributed by atoms with E-state index < -0.39 is 0 Å². The highest BCUT2D eigenvalue weighted by molar-refractivity contribution is 6.32. The Balaban J connectivity index is 2.46. The quantitative estimate of drug-likeness (QED) is 0.903. The Morgan fingerprint density at radius 1 is 1.25 bits per heavy atom. The van der Waals surface area contributed by atoms with Crippen molar-refractivity contribution in [3.8, 4) is 5.75 Å². The third-order valence-electron chi connectivity index (χ3n) is 2.98. The third kappa shape index (κ3) is 3.23. The molecule has 0 saturated heterocycles. The van der Waals surface area contributed by atoms with Crippen LogP contribution in [-0.4, -0.2) is 18.6 Å². The number of hydrogen-bond acceptors (Lipinski definition) is 3. The number of rotatable bonds is 5. The van der Waals surface area contributed by atoms with Crippen LogP contribution in [0.15, 0.2) is 36.5 Å². The topological polar surface area (TPSA) is 34.1 Å². The fraction of sp³-hybridized carbons (Fsp3) is 0.267. The highest BCUT2D eigenvalue weighted by Gasteiger charge is 2.18. The van der Waals surface area contributed by atoms with Crippen molar-refractivity contribution in [2.45, 2.75) is 13.0 Å². The Labute approximate surface area is 128 Å². The Morgan fingerprint density at radius 2 is 2.05 bits per heavy atom. The van der Waals surface area contributed by atoms with E-state index in [4.69, 9.17) is 27.9 Å². The Morgan fingerprint density at radius 3 is 2.70 bits per heavy atom. The smallest absolute Gasteiger partial charge is 0.137 e. The number of nitrogens with one attached hydrogen (secondary N) is 1. The van der Waals surface area contributed by atoms with Gasteiger partial charge in [0.15, 0.2) is 0 Å². The van der Waals surface area contributed by atoms with Gasteiger partial charge < -0.3 is 10.1 Å². The average Bonchev–Trinajstić information content (AvgIpc) is 2.46. The van der Waals surface area contributed by atoms with Crippen molar-refractivity contribution in [1.29, 1.82) is 0 Å². The van der Waals surface area contributed by atoms with Gasteiger partial charge in [-0.25, -0.2) is 0 Å². The number of aromatic nitrogens is 1. The molecule has 1 N–H and O–H groups in total. The lowest BCUT2D eigenvalue weighted by atomic mass is 10.0. The van der Waals surface area contributed by atoms with E-state index in [1.54, 1.807) is 13.3 Å². The molecule has 2 rings (SSSR count). The summed E-state index contributed by atoms with van der Waals surface area (Å²) >= 11 is 12.3. The van der Waals surface area contributed by atoms with Crippen LogP contribution in [0.4, 0.5) is 0 Å². The Hall–Kier alpha value is -1.29. The maximum absolute atomic E-state index is 6.25. The van der Waals surface area contributed by atoms with Crippen molar-refractivity contribution >= 4 is 23.2 Å². The molecule has 0 fully saturated rings. The molecule has 1 atom stereocenters. The molecule has 0 amide bonds. The van der Waals surface area contributed by atoms with E-state index in [1.807, 2.05) is 37.3 Å². The van der Waals surface area contributed by atoms with Gasteiger partial charge in [-0.3, -0.25) is 4.98 Å². The minimum absolute atomic E-state index is 0.0973. The number of ether oxygens (including phenoxy) is 1. The summed E-state index contributed by atoms with van der Waals surface area (Å²) in [5.74, 6) is 0.638. The van der Waals surface area contributed by atoms with Gasteiger partial charge in [-0.1, -0.05) is 36.2 Å². The number of nitrogens with zero attached hydrogens (tertiary/aromatic N) is 1. The van der Waals surface area contributed by atoms with Gasteiger partial charge in [-0.05, 0) is 36.4 Å². The standard InChI is InChI=1S/C15H16Cl2N2O/c1-3-18-14(15-12(17)5-4-8-19-15)10-6-7-11(16)13(9-10)20-2/h4-9,14,18H,3H2,1-2H3. The molecule has 1 aromatic heterocycles. The summed E-state index contributed by atoms with van der Waals surface area (Å²) in [4.78, 5) is 4.38. The van der Waals surface area contributed by atoms with Gasteiger partial charge in [-0.2, -0.15) is 0 Å². The fourth-order valence-electron chi connectivity index (χ4n) is 2.04. The molecule has 0 aliphatic rings. The SMILES string of the molecule is CCNC(c1ccc(Cl)c(OC)c1)c1ncccc1Cl. The van der Waals surface area contributed by atoms with E-state index in [0.29, 0.717) is 15.8 Å². The van der Waals surface area contributed by atoms with Crippen LogP contribution in [-0.2, 0) is 0 Å². The van der Waals surface area contributed by atoms with E-state index >= 15 is 0 Å². The zero-order valence-electron chi connectivity index (χ0n) is 11.4. The maximum Gasteiger partial charge on any atom is 0.137 e. The Kier molecular flexibility index (Phi) is 5.24. The number of methoxy groups -OCH3 is 1. The van der Waals surface area contributed by atoms with Crippen molar-refractivity contribution < 1.29 is 4.74 Å². The first-order chi connectivity index (χ1) is 9.67. The number of pyridine rings is 1. The van der Waals surface area contributed by atoms with Crippen LogP contribution in [0.3, 0.4) is 0 Å². The number of hydrogen-bond donors (Lipinski definition) is 1. The summed E-state index contributed by atoms with van der Waals surface area (Å²) in [6.07, 6.45) is 1.73. The van der Waals surface area contributed by atoms with Crippen molar-refractivity contribution in [2.24, 2.45) is 0 Å². The molecule has 1 heterocycles. The van der Waals surface area contributed by atoms with Gasteiger partial charge in [0.2, 0.25) is 0 Å². The second-order valence-electron chi connectivity index (χ2n) is 4.26. The second-order valence-corrected chi connectivity index (χ2v) is 5.07. The summed E-state index contributed by atoms with van der Waals surface area (Å²) in [5.41, 5.74) is 1.80. The molecule has 2 aromatic rings. The second kappa shape index (κ2) is 6.93. The van der Waals surface area contributed by atoms with Gasteiger partial charge in [0.25, 0.3) is 0 Å². The predicted molar refractivity (Wildman–Crippen MR) is 82.8 cm³/mol. The average molecular weight is 311 g/mol.